The largest absolute Gasteiger partial charge is 0.496 e. The number of fused-ring (bicyclic) bond motifs is 1. The highest BCUT2D eigenvalue weighted by Crippen LogP contribution is 2.41. The van der Waals surface area contributed by atoms with Gasteiger partial charge in [0.2, 0.25) is 0 Å². The SMILES string of the molecule is COc1cc2nc(C)nc(N[C@H](C)c3cc(-c4ccccc4CN(C)C(=O)OC(C)(C)C)cs3)c2cc1C1CCCCC1. The Morgan fingerprint density at radius 2 is 1.86 bits per heavy atom. The van der Waals surface area contributed by atoms with Crippen LogP contribution in [0.2, 0.25) is 0 Å². The number of aryl methyl sites for hydroxylation is 1. The van der Waals surface area contributed by atoms with Gasteiger partial charge in [-0.25, -0.2) is 14.8 Å². The van der Waals surface area contributed by atoms with Crippen LogP contribution in [-0.2, 0) is 11.3 Å². The molecule has 1 saturated carbocycles. The molecule has 0 radical (unpaired) electrons. The summed E-state index contributed by atoms with van der Waals surface area (Å²) in [4.78, 5) is 25.1. The number of aromatic nitrogens is 2. The lowest BCUT2D eigenvalue weighted by molar-refractivity contribution is 0.0285. The van der Waals surface area contributed by atoms with E-state index in [-0.39, 0.29) is 12.1 Å². The quantitative estimate of drug-likeness (QED) is 0.217. The van der Waals surface area contributed by atoms with E-state index in [1.807, 2.05) is 39.8 Å². The van der Waals surface area contributed by atoms with Gasteiger partial charge in [-0.15, -0.1) is 11.3 Å². The molecule has 1 N–H and O–H groups in total. The molecule has 1 atom stereocenters. The normalized spacial score (nSPS) is 14.9. The maximum Gasteiger partial charge on any atom is 0.410 e. The molecule has 0 saturated heterocycles. The first-order chi connectivity index (χ1) is 20.5. The van der Waals surface area contributed by atoms with Gasteiger partial charge in [0.15, 0.2) is 0 Å². The zero-order valence-corrected chi connectivity index (χ0v) is 27.3. The summed E-state index contributed by atoms with van der Waals surface area (Å²) in [6.45, 7) is 10.2. The number of thiophene rings is 1. The van der Waals surface area contributed by atoms with E-state index >= 15 is 0 Å². The van der Waals surface area contributed by atoms with Gasteiger partial charge in [0.05, 0.1) is 18.7 Å². The fourth-order valence-corrected chi connectivity index (χ4v) is 6.82. The number of methoxy groups -OCH3 is 1. The van der Waals surface area contributed by atoms with Crippen molar-refractivity contribution in [1.82, 2.24) is 14.9 Å². The van der Waals surface area contributed by atoms with Crippen molar-refractivity contribution < 1.29 is 14.3 Å². The minimum absolute atomic E-state index is 0.0353. The van der Waals surface area contributed by atoms with Crippen LogP contribution in [0.5, 0.6) is 5.75 Å². The number of benzene rings is 2. The Kier molecular flexibility index (Phi) is 9.25. The number of hydrogen-bond donors (Lipinski definition) is 1. The number of anilines is 1. The molecular weight excluding hydrogens is 556 g/mol. The predicted octanol–water partition coefficient (Wildman–Crippen LogP) is 9.26. The van der Waals surface area contributed by atoms with E-state index in [1.54, 1.807) is 30.4 Å². The number of nitrogens with one attached hydrogen (secondary N) is 1. The number of rotatable bonds is 8. The van der Waals surface area contributed by atoms with E-state index in [9.17, 15) is 4.79 Å². The van der Waals surface area contributed by atoms with Gasteiger partial charge in [-0.1, -0.05) is 43.5 Å². The molecule has 1 amide bonds. The molecule has 0 aliphatic heterocycles. The van der Waals surface area contributed by atoms with Gasteiger partial charge in [-0.3, -0.25) is 0 Å². The molecule has 1 aliphatic rings. The Morgan fingerprint density at radius 3 is 2.58 bits per heavy atom. The standard InChI is InChI=1S/C35H44N4O3S/c1-22(32-17-26(21-43-32)27-16-12-11-15-25(27)20-39(6)34(40)42-35(3,4)5)36-33-29-18-28(24-13-9-8-10-14-24)31(41-7)19-30(29)37-23(2)38-33/h11-12,15-19,21-22,24H,8-10,13-14,20H2,1-7H3,(H,36,37,38)/t22-/m1/s1. The predicted molar refractivity (Wildman–Crippen MR) is 176 cm³/mol. The van der Waals surface area contributed by atoms with Crippen LogP contribution >= 0.6 is 11.3 Å². The number of carbonyl (C=O) groups is 1. The molecule has 4 aromatic rings. The minimum atomic E-state index is -0.534. The van der Waals surface area contributed by atoms with Crippen LogP contribution in [-0.4, -0.2) is 40.7 Å². The molecule has 7 nitrogen and oxygen atoms in total. The van der Waals surface area contributed by atoms with Crippen LogP contribution in [0.15, 0.2) is 47.8 Å². The third kappa shape index (κ3) is 7.29. The second kappa shape index (κ2) is 12.9. The summed E-state index contributed by atoms with van der Waals surface area (Å²) in [5, 5.41) is 6.93. The fourth-order valence-electron chi connectivity index (χ4n) is 5.91. The Labute approximate surface area is 259 Å². The summed E-state index contributed by atoms with van der Waals surface area (Å²) in [7, 11) is 3.53. The number of carbonyl (C=O) groups excluding carboxylic acids is 1. The molecule has 2 aromatic heterocycles. The molecule has 0 spiro atoms. The lowest BCUT2D eigenvalue weighted by Crippen LogP contribution is -2.33. The molecule has 5 rings (SSSR count). The van der Waals surface area contributed by atoms with E-state index < -0.39 is 5.60 Å². The van der Waals surface area contributed by atoms with Crippen LogP contribution in [0.1, 0.15) is 93.6 Å². The van der Waals surface area contributed by atoms with E-state index in [4.69, 9.17) is 19.4 Å². The lowest BCUT2D eigenvalue weighted by atomic mass is 9.83. The first kappa shape index (κ1) is 30.8. The van der Waals surface area contributed by atoms with E-state index in [2.05, 4.69) is 48.0 Å². The Balaban J connectivity index is 1.39. The highest BCUT2D eigenvalue weighted by atomic mass is 32.1. The van der Waals surface area contributed by atoms with Crippen LogP contribution in [0.3, 0.4) is 0 Å². The smallest absolute Gasteiger partial charge is 0.410 e. The zero-order chi connectivity index (χ0) is 30.7. The molecule has 0 bridgehead atoms. The van der Waals surface area contributed by atoms with Crippen molar-refractivity contribution >= 4 is 34.2 Å². The topological polar surface area (TPSA) is 76.6 Å². The molecule has 1 aliphatic carbocycles. The fraction of sp³-hybridized carbons (Fsp3) is 0.457. The summed E-state index contributed by atoms with van der Waals surface area (Å²) >= 11 is 1.72. The molecule has 1 fully saturated rings. The second-order valence-corrected chi connectivity index (χ2v) is 13.6. The Bertz CT molecular complexity index is 1590. The van der Waals surface area contributed by atoms with E-state index in [0.29, 0.717) is 12.5 Å². The van der Waals surface area contributed by atoms with E-state index in [1.165, 1.54) is 42.5 Å². The maximum atomic E-state index is 12.6. The first-order valence-electron chi connectivity index (χ1n) is 15.3. The van der Waals surface area contributed by atoms with Crippen LogP contribution in [0.25, 0.3) is 22.0 Å². The summed E-state index contributed by atoms with van der Waals surface area (Å²) in [6.07, 6.45) is 5.90. The third-order valence-electron chi connectivity index (χ3n) is 8.04. The zero-order valence-electron chi connectivity index (χ0n) is 26.5. The molecule has 2 heterocycles. The van der Waals surface area contributed by atoms with Crippen molar-refractivity contribution in [1.29, 1.82) is 0 Å². The van der Waals surface area contributed by atoms with Gasteiger partial charge in [0.25, 0.3) is 0 Å². The Hall–Kier alpha value is -3.65. The molecule has 43 heavy (non-hydrogen) atoms. The van der Waals surface area contributed by atoms with Crippen LogP contribution < -0.4 is 10.1 Å². The monoisotopic (exact) mass is 600 g/mol. The van der Waals surface area contributed by atoms with Crippen LogP contribution in [0, 0.1) is 6.92 Å². The summed E-state index contributed by atoms with van der Waals surface area (Å²) in [5.41, 5.74) is 4.95. The molecular formula is C35H44N4O3S. The highest BCUT2D eigenvalue weighted by molar-refractivity contribution is 7.10. The number of hydrogen-bond acceptors (Lipinski definition) is 7. The van der Waals surface area contributed by atoms with Gasteiger partial charge in [0.1, 0.15) is 23.0 Å². The van der Waals surface area contributed by atoms with Crippen molar-refractivity contribution in [3.8, 4) is 16.9 Å². The van der Waals surface area contributed by atoms with Crippen molar-refractivity contribution in [2.45, 2.75) is 90.8 Å². The highest BCUT2D eigenvalue weighted by Gasteiger charge is 2.23. The first-order valence-corrected chi connectivity index (χ1v) is 16.1. The maximum absolute atomic E-state index is 12.6. The van der Waals surface area contributed by atoms with E-state index in [0.717, 1.165) is 45.0 Å². The average Bonchev–Trinajstić information content (AvgIpc) is 3.47. The van der Waals surface area contributed by atoms with Crippen molar-refractivity contribution in [2.75, 3.05) is 19.5 Å². The Morgan fingerprint density at radius 1 is 1.12 bits per heavy atom. The summed E-state index contributed by atoms with van der Waals surface area (Å²) in [5.74, 6) is 3.01. The minimum Gasteiger partial charge on any atom is -0.496 e. The third-order valence-corrected chi connectivity index (χ3v) is 9.16. The summed E-state index contributed by atoms with van der Waals surface area (Å²) in [6, 6.07) is 14.9. The van der Waals surface area contributed by atoms with Gasteiger partial charge in [-0.05, 0) is 93.1 Å². The number of amides is 1. The van der Waals surface area contributed by atoms with Crippen molar-refractivity contribution in [2.24, 2.45) is 0 Å². The van der Waals surface area contributed by atoms with Gasteiger partial charge in [0, 0.05) is 29.9 Å². The van der Waals surface area contributed by atoms with Gasteiger partial charge < -0.3 is 19.7 Å². The lowest BCUT2D eigenvalue weighted by Gasteiger charge is -2.25. The molecule has 2 aromatic carbocycles. The second-order valence-electron chi connectivity index (χ2n) is 12.7. The van der Waals surface area contributed by atoms with Crippen LogP contribution in [0.4, 0.5) is 10.6 Å². The van der Waals surface area contributed by atoms with Crippen molar-refractivity contribution in [3.05, 3.63) is 69.7 Å². The van der Waals surface area contributed by atoms with Gasteiger partial charge >= 0.3 is 6.09 Å². The van der Waals surface area contributed by atoms with Crippen molar-refractivity contribution in [3.63, 3.8) is 0 Å². The molecule has 228 valence electrons. The molecule has 0 unspecified atom stereocenters. The molecule has 8 heteroatoms. The average molecular weight is 601 g/mol. The van der Waals surface area contributed by atoms with Gasteiger partial charge in [-0.2, -0.15) is 0 Å². The number of ether oxygens (including phenoxy) is 2. The summed E-state index contributed by atoms with van der Waals surface area (Å²) < 4.78 is 11.4. The number of nitrogens with zero attached hydrogens (tertiary/aromatic N) is 3.